The van der Waals surface area contributed by atoms with Crippen molar-refractivity contribution in [1.82, 2.24) is 13.7 Å². The van der Waals surface area contributed by atoms with Crippen LogP contribution in [0.3, 0.4) is 0 Å². The van der Waals surface area contributed by atoms with Crippen LogP contribution < -0.4 is 26.8 Å². The summed E-state index contributed by atoms with van der Waals surface area (Å²) in [5.74, 6) is 1.44. The molecule has 2 aromatic carbocycles. The number of terminal acetylenes is 1. The van der Waals surface area contributed by atoms with Gasteiger partial charge in [0.05, 0.1) is 28.3 Å². The van der Waals surface area contributed by atoms with Gasteiger partial charge in [0, 0.05) is 24.7 Å². The van der Waals surface area contributed by atoms with Gasteiger partial charge in [0.25, 0.3) is 11.1 Å². The Morgan fingerprint density at radius 3 is 2.38 bits per heavy atom. The van der Waals surface area contributed by atoms with Crippen molar-refractivity contribution in [3.8, 4) is 18.0 Å². The van der Waals surface area contributed by atoms with E-state index in [9.17, 15) is 27.2 Å². The molecule has 202 valence electrons. The predicted octanol–water partition coefficient (Wildman–Crippen LogP) is 2.81. The van der Waals surface area contributed by atoms with Crippen LogP contribution in [0.15, 0.2) is 56.8 Å². The first-order valence-electron chi connectivity index (χ1n) is 12.0. The quantitative estimate of drug-likeness (QED) is 0.341. The second-order valence-corrected chi connectivity index (χ2v) is 10.8. The van der Waals surface area contributed by atoms with Crippen molar-refractivity contribution in [3.63, 3.8) is 0 Å². The van der Waals surface area contributed by atoms with Gasteiger partial charge in [-0.05, 0) is 57.2 Å². The van der Waals surface area contributed by atoms with Gasteiger partial charge in [0.1, 0.15) is 17.0 Å². The Morgan fingerprint density at radius 1 is 1.05 bits per heavy atom. The van der Waals surface area contributed by atoms with Crippen LogP contribution in [0.25, 0.3) is 16.6 Å². The van der Waals surface area contributed by atoms with E-state index < -0.39 is 32.6 Å². The smallest absolute Gasteiger partial charge is 0.336 e. The number of nitrogens with one attached hydrogen (secondary N) is 2. The zero-order chi connectivity index (χ0) is 28.6. The van der Waals surface area contributed by atoms with Gasteiger partial charge in [-0.1, -0.05) is 12.0 Å². The van der Waals surface area contributed by atoms with E-state index in [1.165, 1.54) is 54.3 Å². The molecule has 2 aromatic heterocycles. The van der Waals surface area contributed by atoms with E-state index in [0.717, 1.165) is 10.6 Å². The average Bonchev–Trinajstić information content (AvgIpc) is 2.90. The van der Waals surface area contributed by atoms with E-state index in [2.05, 4.69) is 16.0 Å². The third-order valence-electron chi connectivity index (χ3n) is 6.36. The normalized spacial score (nSPS) is 11.4. The first kappa shape index (κ1) is 27.4. The number of halogens is 1. The molecule has 10 nitrogen and oxygen atoms in total. The van der Waals surface area contributed by atoms with Crippen molar-refractivity contribution in [2.24, 2.45) is 7.05 Å². The lowest BCUT2D eigenvalue weighted by molar-refractivity contribution is 0.602. The summed E-state index contributed by atoms with van der Waals surface area (Å²) < 4.78 is 44.9. The molecule has 0 bridgehead atoms. The maximum atomic E-state index is 14.9. The highest BCUT2D eigenvalue weighted by Crippen LogP contribution is 2.27. The van der Waals surface area contributed by atoms with Crippen LogP contribution in [0.2, 0.25) is 0 Å². The summed E-state index contributed by atoms with van der Waals surface area (Å²) in [5.41, 5.74) is -1.15. The summed E-state index contributed by atoms with van der Waals surface area (Å²) in [6.07, 6.45) is 5.35. The molecule has 0 aliphatic rings. The molecule has 0 aliphatic carbocycles. The first-order valence-corrected chi connectivity index (χ1v) is 13.6. The van der Waals surface area contributed by atoms with Crippen molar-refractivity contribution >= 4 is 38.1 Å². The molecule has 0 unspecified atom stereocenters. The molecule has 0 atom stereocenters. The lowest BCUT2D eigenvalue weighted by Gasteiger charge is -2.20. The molecule has 4 aromatic rings. The van der Waals surface area contributed by atoms with E-state index in [1.807, 2.05) is 0 Å². The first-order chi connectivity index (χ1) is 18.4. The topological polar surface area (TPSA) is 124 Å². The van der Waals surface area contributed by atoms with Crippen molar-refractivity contribution < 1.29 is 12.8 Å². The highest BCUT2D eigenvalue weighted by molar-refractivity contribution is 7.92. The molecular formula is C27H26FN5O5S. The number of anilines is 3. The lowest BCUT2D eigenvalue weighted by Crippen LogP contribution is -2.41. The van der Waals surface area contributed by atoms with E-state index in [1.54, 1.807) is 19.1 Å². The molecule has 0 fully saturated rings. The van der Waals surface area contributed by atoms with Crippen LogP contribution in [-0.2, 0) is 23.6 Å². The molecule has 0 saturated carbocycles. The van der Waals surface area contributed by atoms with Crippen molar-refractivity contribution in [2.45, 2.75) is 27.3 Å². The van der Waals surface area contributed by atoms with Gasteiger partial charge in [0.15, 0.2) is 0 Å². The van der Waals surface area contributed by atoms with Gasteiger partial charge in [-0.3, -0.25) is 28.0 Å². The number of fused-ring (bicyclic) bond motifs is 1. The third kappa shape index (κ3) is 4.84. The highest BCUT2D eigenvalue weighted by Gasteiger charge is 2.23. The highest BCUT2D eigenvalue weighted by atomic mass is 32.2. The zero-order valence-electron chi connectivity index (χ0n) is 21.7. The Labute approximate surface area is 223 Å². The fourth-order valence-corrected chi connectivity index (χ4v) is 4.93. The van der Waals surface area contributed by atoms with Gasteiger partial charge >= 0.3 is 5.69 Å². The number of hydrogen-bond donors (Lipinski definition) is 2. The number of benzene rings is 2. The van der Waals surface area contributed by atoms with Gasteiger partial charge in [-0.25, -0.2) is 17.6 Å². The van der Waals surface area contributed by atoms with Crippen LogP contribution in [0.5, 0.6) is 0 Å². The van der Waals surface area contributed by atoms with E-state index in [4.69, 9.17) is 6.42 Å². The Balaban J connectivity index is 2.11. The van der Waals surface area contributed by atoms with Crippen LogP contribution >= 0.6 is 0 Å². The molecule has 2 N–H and O–H groups in total. The van der Waals surface area contributed by atoms with E-state index in [0.29, 0.717) is 5.56 Å². The van der Waals surface area contributed by atoms with Crippen molar-refractivity contribution in [3.05, 3.63) is 90.6 Å². The summed E-state index contributed by atoms with van der Waals surface area (Å²) in [5, 5.41) is 2.81. The van der Waals surface area contributed by atoms with Gasteiger partial charge in [-0.2, -0.15) is 0 Å². The second-order valence-electron chi connectivity index (χ2n) is 8.75. The zero-order valence-corrected chi connectivity index (χ0v) is 22.5. The molecule has 0 saturated heterocycles. The maximum absolute atomic E-state index is 14.9. The van der Waals surface area contributed by atoms with Crippen LogP contribution in [0.1, 0.15) is 25.0 Å². The van der Waals surface area contributed by atoms with E-state index >= 15 is 0 Å². The molecular weight excluding hydrogens is 525 g/mol. The fraction of sp³-hybridized carbons (Fsp3) is 0.222. The number of nitrogens with zero attached hydrogens (tertiary/aromatic N) is 3. The number of aryl methyl sites for hydroxylation is 1. The summed E-state index contributed by atoms with van der Waals surface area (Å²) in [7, 11) is -2.19. The van der Waals surface area contributed by atoms with Gasteiger partial charge < -0.3 is 5.32 Å². The molecule has 4 rings (SSSR count). The minimum atomic E-state index is -3.62. The summed E-state index contributed by atoms with van der Waals surface area (Å²) in [6, 6.07) is 10.1. The van der Waals surface area contributed by atoms with E-state index in [-0.39, 0.29) is 51.6 Å². The van der Waals surface area contributed by atoms with Gasteiger partial charge in [-0.15, -0.1) is 6.42 Å². The standard InChI is InChI=1S/C27H26FN5O5S/c1-6-17-12-13-21(20(28)14-17)29-24-22-23(16(4)25(34)31(24)5)33(27(36)32(7-2)26(22)35)19-11-9-10-18(15-19)30-39(37,38)8-3/h1,9-15,29-30H,7-8H2,2-5H3. The molecule has 0 spiro atoms. The Bertz CT molecular complexity index is 1970. The van der Waals surface area contributed by atoms with Crippen LogP contribution in [0.4, 0.5) is 21.6 Å². The number of sulfonamides is 1. The molecule has 0 radical (unpaired) electrons. The van der Waals surface area contributed by atoms with Crippen LogP contribution in [-0.4, -0.2) is 27.9 Å². The molecule has 39 heavy (non-hydrogen) atoms. The predicted molar refractivity (Wildman–Crippen MR) is 150 cm³/mol. The average molecular weight is 552 g/mol. The summed E-state index contributed by atoms with van der Waals surface area (Å²) in [4.78, 5) is 40.6. The molecule has 0 amide bonds. The Hall–Kier alpha value is -4.63. The second kappa shape index (κ2) is 10.3. The summed E-state index contributed by atoms with van der Waals surface area (Å²) in [6.45, 7) is 4.58. The SMILES string of the molecule is C#Cc1ccc(Nc2c3c(=O)n(CC)c(=O)n(-c4cccc(NS(=O)(=O)CC)c4)c3c(C)c(=O)n2C)c(F)c1. The Morgan fingerprint density at radius 2 is 1.77 bits per heavy atom. The van der Waals surface area contributed by atoms with Crippen LogP contribution in [0, 0.1) is 25.1 Å². The van der Waals surface area contributed by atoms with Crippen molar-refractivity contribution in [2.75, 3.05) is 15.8 Å². The molecule has 0 aliphatic heterocycles. The molecule has 2 heterocycles. The Kier molecular flexibility index (Phi) is 7.21. The number of aromatic nitrogens is 3. The minimum Gasteiger partial charge on any atom is -0.338 e. The maximum Gasteiger partial charge on any atom is 0.336 e. The lowest BCUT2D eigenvalue weighted by atomic mass is 10.1. The largest absolute Gasteiger partial charge is 0.338 e. The number of rotatable bonds is 7. The minimum absolute atomic E-state index is 0.00230. The monoisotopic (exact) mass is 551 g/mol. The third-order valence-corrected chi connectivity index (χ3v) is 7.66. The number of pyridine rings is 1. The summed E-state index contributed by atoms with van der Waals surface area (Å²) >= 11 is 0. The molecule has 12 heteroatoms. The van der Waals surface area contributed by atoms with Crippen molar-refractivity contribution in [1.29, 1.82) is 0 Å². The fourth-order valence-electron chi connectivity index (χ4n) is 4.30. The number of hydrogen-bond acceptors (Lipinski definition) is 6. The van der Waals surface area contributed by atoms with Gasteiger partial charge in [0.2, 0.25) is 10.0 Å².